The number of hydrogen-bond acceptors (Lipinski definition) is 3. The molecule has 0 aromatic carbocycles. The summed E-state index contributed by atoms with van der Waals surface area (Å²) in [4.78, 5) is 6.92. The maximum atomic E-state index is 9.50. The molecule has 2 aliphatic rings. The second-order valence-electron chi connectivity index (χ2n) is 5.71. The van der Waals surface area contributed by atoms with Gasteiger partial charge in [-0.25, -0.2) is 0 Å². The SMILES string of the molecule is C[C@@H](O)c1ccc(N2CCCC3CCCC32)cn1. The van der Waals surface area contributed by atoms with Crippen LogP contribution < -0.4 is 4.90 Å². The number of anilines is 1. The van der Waals surface area contributed by atoms with E-state index in [1.54, 1.807) is 6.92 Å². The molecule has 1 aliphatic heterocycles. The molecular formula is C15H22N2O. The number of rotatable bonds is 2. The maximum absolute atomic E-state index is 9.50. The highest BCUT2D eigenvalue weighted by Gasteiger charge is 2.35. The van der Waals surface area contributed by atoms with E-state index in [-0.39, 0.29) is 0 Å². The Bertz CT molecular complexity index is 401. The molecule has 0 radical (unpaired) electrons. The fourth-order valence-electron chi connectivity index (χ4n) is 3.59. The van der Waals surface area contributed by atoms with E-state index in [0.29, 0.717) is 0 Å². The molecule has 98 valence electrons. The molecule has 2 fully saturated rings. The third-order valence-electron chi connectivity index (χ3n) is 4.52. The molecule has 18 heavy (non-hydrogen) atoms. The summed E-state index contributed by atoms with van der Waals surface area (Å²) in [5, 5.41) is 9.50. The number of aliphatic hydroxyl groups is 1. The second-order valence-corrected chi connectivity index (χ2v) is 5.71. The van der Waals surface area contributed by atoms with Gasteiger partial charge >= 0.3 is 0 Å². The number of pyridine rings is 1. The average Bonchev–Trinajstić information content (AvgIpc) is 2.87. The highest BCUT2D eigenvalue weighted by Crippen LogP contribution is 2.38. The van der Waals surface area contributed by atoms with Crippen molar-refractivity contribution in [2.75, 3.05) is 11.4 Å². The molecule has 0 spiro atoms. The van der Waals surface area contributed by atoms with Crippen molar-refractivity contribution in [3.8, 4) is 0 Å². The van der Waals surface area contributed by atoms with Crippen LogP contribution in [0, 0.1) is 5.92 Å². The zero-order valence-corrected chi connectivity index (χ0v) is 11.0. The van der Waals surface area contributed by atoms with Gasteiger partial charge in [0, 0.05) is 12.6 Å². The lowest BCUT2D eigenvalue weighted by Gasteiger charge is -2.39. The summed E-state index contributed by atoms with van der Waals surface area (Å²) < 4.78 is 0. The highest BCUT2D eigenvalue weighted by molar-refractivity contribution is 5.47. The van der Waals surface area contributed by atoms with Gasteiger partial charge in [0.2, 0.25) is 0 Å². The standard InChI is InChI=1S/C15H22N2O/c1-11(18)14-8-7-13(10-16-14)17-9-3-5-12-4-2-6-15(12)17/h7-8,10-12,15,18H,2-6,9H2,1H3/t11-,12?,15?/m1/s1. The Morgan fingerprint density at radius 1 is 1.28 bits per heavy atom. The molecule has 3 rings (SSSR count). The fraction of sp³-hybridized carbons (Fsp3) is 0.667. The van der Waals surface area contributed by atoms with Crippen molar-refractivity contribution in [1.82, 2.24) is 4.98 Å². The summed E-state index contributed by atoms with van der Waals surface area (Å²) >= 11 is 0. The number of fused-ring (bicyclic) bond motifs is 1. The number of aromatic nitrogens is 1. The third-order valence-corrected chi connectivity index (χ3v) is 4.52. The van der Waals surface area contributed by atoms with Crippen LogP contribution in [-0.4, -0.2) is 22.7 Å². The van der Waals surface area contributed by atoms with Crippen LogP contribution in [0.4, 0.5) is 5.69 Å². The molecule has 1 N–H and O–H groups in total. The van der Waals surface area contributed by atoms with E-state index in [4.69, 9.17) is 0 Å². The van der Waals surface area contributed by atoms with Crippen molar-refractivity contribution in [2.45, 2.75) is 51.2 Å². The van der Waals surface area contributed by atoms with E-state index >= 15 is 0 Å². The van der Waals surface area contributed by atoms with Gasteiger partial charge in [-0.2, -0.15) is 0 Å². The van der Waals surface area contributed by atoms with E-state index in [1.807, 2.05) is 12.3 Å². The first kappa shape index (κ1) is 12.0. The first-order valence-electron chi connectivity index (χ1n) is 7.16. The van der Waals surface area contributed by atoms with Gasteiger partial charge in [0.15, 0.2) is 0 Å². The summed E-state index contributed by atoms with van der Waals surface area (Å²) in [6.45, 7) is 2.92. The van der Waals surface area contributed by atoms with Crippen LogP contribution in [0.3, 0.4) is 0 Å². The molecule has 1 saturated heterocycles. The Balaban J connectivity index is 1.80. The summed E-state index contributed by atoms with van der Waals surface area (Å²) in [5.41, 5.74) is 2.00. The predicted octanol–water partition coefficient (Wildman–Crippen LogP) is 2.90. The molecule has 0 bridgehead atoms. The summed E-state index contributed by atoms with van der Waals surface area (Å²) in [6, 6.07) is 4.81. The topological polar surface area (TPSA) is 36.4 Å². The summed E-state index contributed by atoms with van der Waals surface area (Å²) in [5.74, 6) is 0.898. The predicted molar refractivity (Wildman–Crippen MR) is 72.6 cm³/mol. The molecule has 1 aliphatic carbocycles. The number of nitrogens with zero attached hydrogens (tertiary/aromatic N) is 2. The minimum absolute atomic E-state index is 0.473. The van der Waals surface area contributed by atoms with Gasteiger partial charge in [-0.05, 0) is 50.7 Å². The number of piperidine rings is 1. The monoisotopic (exact) mass is 246 g/mol. The molecule has 2 heterocycles. The van der Waals surface area contributed by atoms with E-state index in [2.05, 4.69) is 16.0 Å². The average molecular weight is 246 g/mol. The van der Waals surface area contributed by atoms with Gasteiger partial charge in [0.1, 0.15) is 0 Å². The molecule has 1 aromatic rings. The zero-order chi connectivity index (χ0) is 12.5. The molecule has 1 saturated carbocycles. The van der Waals surface area contributed by atoms with Crippen molar-refractivity contribution in [3.63, 3.8) is 0 Å². The Morgan fingerprint density at radius 2 is 2.11 bits per heavy atom. The van der Waals surface area contributed by atoms with Crippen molar-refractivity contribution in [1.29, 1.82) is 0 Å². The third kappa shape index (κ3) is 2.12. The molecule has 0 amide bonds. The fourth-order valence-corrected chi connectivity index (χ4v) is 3.59. The minimum atomic E-state index is -0.473. The van der Waals surface area contributed by atoms with Gasteiger partial charge in [-0.15, -0.1) is 0 Å². The summed E-state index contributed by atoms with van der Waals surface area (Å²) in [7, 11) is 0. The van der Waals surface area contributed by atoms with Crippen LogP contribution in [0.5, 0.6) is 0 Å². The Labute approximate surface area is 109 Å². The quantitative estimate of drug-likeness (QED) is 0.871. The Morgan fingerprint density at radius 3 is 2.83 bits per heavy atom. The Hall–Kier alpha value is -1.09. The van der Waals surface area contributed by atoms with Crippen molar-refractivity contribution < 1.29 is 5.11 Å². The van der Waals surface area contributed by atoms with Crippen LogP contribution in [0.15, 0.2) is 18.3 Å². The van der Waals surface area contributed by atoms with Gasteiger partial charge in [-0.3, -0.25) is 4.98 Å². The molecule has 3 atom stereocenters. The van der Waals surface area contributed by atoms with Gasteiger partial charge in [0.25, 0.3) is 0 Å². The van der Waals surface area contributed by atoms with E-state index in [0.717, 1.165) is 24.2 Å². The van der Waals surface area contributed by atoms with Gasteiger partial charge in [0.05, 0.1) is 23.7 Å². The van der Waals surface area contributed by atoms with E-state index in [1.165, 1.54) is 37.8 Å². The highest BCUT2D eigenvalue weighted by atomic mass is 16.3. The number of aliphatic hydroxyl groups excluding tert-OH is 1. The largest absolute Gasteiger partial charge is 0.387 e. The summed E-state index contributed by atoms with van der Waals surface area (Å²) in [6.07, 6.45) is 8.29. The van der Waals surface area contributed by atoms with Gasteiger partial charge in [-0.1, -0.05) is 6.42 Å². The molecular weight excluding hydrogens is 224 g/mol. The molecule has 3 nitrogen and oxygen atoms in total. The Kier molecular flexibility index (Phi) is 3.25. The van der Waals surface area contributed by atoms with Crippen LogP contribution in [0.2, 0.25) is 0 Å². The first-order valence-corrected chi connectivity index (χ1v) is 7.16. The van der Waals surface area contributed by atoms with Crippen LogP contribution in [0.25, 0.3) is 0 Å². The van der Waals surface area contributed by atoms with E-state index in [9.17, 15) is 5.11 Å². The maximum Gasteiger partial charge on any atom is 0.0931 e. The van der Waals surface area contributed by atoms with Gasteiger partial charge < -0.3 is 10.0 Å². The normalized spacial score (nSPS) is 29.1. The lowest BCUT2D eigenvalue weighted by atomic mass is 9.91. The van der Waals surface area contributed by atoms with E-state index < -0.39 is 6.10 Å². The van der Waals surface area contributed by atoms with Crippen LogP contribution in [-0.2, 0) is 0 Å². The lowest BCUT2D eigenvalue weighted by Crippen LogP contribution is -2.42. The molecule has 3 heteroatoms. The van der Waals surface area contributed by atoms with Crippen LogP contribution >= 0.6 is 0 Å². The van der Waals surface area contributed by atoms with Crippen molar-refractivity contribution in [2.24, 2.45) is 5.92 Å². The number of hydrogen-bond donors (Lipinski definition) is 1. The second kappa shape index (κ2) is 4.88. The lowest BCUT2D eigenvalue weighted by molar-refractivity contribution is 0.194. The van der Waals surface area contributed by atoms with Crippen molar-refractivity contribution in [3.05, 3.63) is 24.0 Å². The zero-order valence-electron chi connectivity index (χ0n) is 11.0. The molecule has 2 unspecified atom stereocenters. The molecule has 1 aromatic heterocycles. The van der Waals surface area contributed by atoms with Crippen molar-refractivity contribution >= 4 is 5.69 Å². The van der Waals surface area contributed by atoms with Crippen LogP contribution in [0.1, 0.15) is 50.8 Å². The first-order chi connectivity index (χ1) is 8.75. The smallest absolute Gasteiger partial charge is 0.0931 e. The minimum Gasteiger partial charge on any atom is -0.387 e.